The van der Waals surface area contributed by atoms with E-state index in [9.17, 15) is 0 Å². The third-order valence-corrected chi connectivity index (χ3v) is 4.71. The largest absolute Gasteiger partial charge is 0.330 e. The molecular weight excluding hydrogens is 232 g/mol. The van der Waals surface area contributed by atoms with E-state index < -0.39 is 0 Å². The molecule has 0 radical (unpaired) electrons. The smallest absolute Gasteiger partial charge is 0.0239 e. The lowest BCUT2D eigenvalue weighted by molar-refractivity contribution is 0.0461. The Labute approximate surface area is 118 Å². The Morgan fingerprint density at radius 1 is 1.16 bits per heavy atom. The molecule has 1 aromatic rings. The van der Waals surface area contributed by atoms with Crippen molar-refractivity contribution in [2.45, 2.75) is 58.2 Å². The molecule has 1 aliphatic rings. The first-order chi connectivity index (χ1) is 9.22. The highest BCUT2D eigenvalue weighted by Crippen LogP contribution is 2.31. The zero-order valence-electron chi connectivity index (χ0n) is 12.4. The number of rotatable bonds is 5. The van der Waals surface area contributed by atoms with Crippen LogP contribution < -0.4 is 5.73 Å². The second kappa shape index (κ2) is 7.06. The molecule has 2 heteroatoms. The summed E-state index contributed by atoms with van der Waals surface area (Å²) in [5, 5.41) is 0. The summed E-state index contributed by atoms with van der Waals surface area (Å²) in [5.41, 5.74) is 7.09. The van der Waals surface area contributed by atoms with Crippen LogP contribution in [0.5, 0.6) is 0 Å². The normalized spacial score (nSPS) is 28.5. The first-order valence-electron chi connectivity index (χ1n) is 7.72. The summed E-state index contributed by atoms with van der Waals surface area (Å²) in [6.45, 7) is 6.69. The van der Waals surface area contributed by atoms with Crippen molar-refractivity contribution in [3.8, 4) is 0 Å². The van der Waals surface area contributed by atoms with Crippen LogP contribution in [0.1, 0.15) is 45.1 Å². The minimum Gasteiger partial charge on any atom is -0.330 e. The summed E-state index contributed by atoms with van der Waals surface area (Å²) in [6.07, 6.45) is 5.15. The van der Waals surface area contributed by atoms with Gasteiger partial charge in [0.25, 0.3) is 0 Å². The van der Waals surface area contributed by atoms with Crippen molar-refractivity contribution < 1.29 is 0 Å². The molecule has 1 heterocycles. The molecule has 106 valence electrons. The molecule has 0 bridgehead atoms. The third kappa shape index (κ3) is 3.80. The Bertz CT molecular complexity index is 361. The molecule has 1 aliphatic heterocycles. The van der Waals surface area contributed by atoms with Crippen molar-refractivity contribution in [3.05, 3.63) is 35.9 Å². The van der Waals surface area contributed by atoms with E-state index in [4.69, 9.17) is 5.73 Å². The van der Waals surface area contributed by atoms with E-state index in [-0.39, 0.29) is 0 Å². The Balaban J connectivity index is 2.00. The van der Waals surface area contributed by atoms with Gasteiger partial charge < -0.3 is 5.73 Å². The van der Waals surface area contributed by atoms with Gasteiger partial charge in [-0.1, -0.05) is 30.3 Å². The molecule has 0 aliphatic carbocycles. The first kappa shape index (κ1) is 14.5. The van der Waals surface area contributed by atoms with E-state index in [0.717, 1.165) is 19.0 Å². The number of benzene rings is 1. The molecule has 0 spiro atoms. The molecule has 0 aromatic heterocycles. The lowest BCUT2D eigenvalue weighted by Gasteiger charge is -2.44. The maximum Gasteiger partial charge on any atom is 0.0239 e. The minimum atomic E-state index is 0.676. The van der Waals surface area contributed by atoms with E-state index in [1.165, 1.54) is 31.2 Å². The number of nitrogens with two attached hydrogens (primary N) is 1. The van der Waals surface area contributed by atoms with Gasteiger partial charge in [0.15, 0.2) is 0 Å². The predicted octanol–water partition coefficient (Wildman–Crippen LogP) is 3.41. The number of likely N-dealkylation sites (tertiary alicyclic amines) is 1. The van der Waals surface area contributed by atoms with Crippen LogP contribution in [0.3, 0.4) is 0 Å². The summed E-state index contributed by atoms with van der Waals surface area (Å²) in [7, 11) is 0. The van der Waals surface area contributed by atoms with Gasteiger partial charge in [0, 0.05) is 18.6 Å². The van der Waals surface area contributed by atoms with Crippen LogP contribution in [0.25, 0.3) is 0 Å². The Morgan fingerprint density at radius 2 is 1.89 bits per heavy atom. The van der Waals surface area contributed by atoms with Crippen LogP contribution in [-0.4, -0.2) is 23.5 Å². The number of piperidine rings is 1. The first-order valence-corrected chi connectivity index (χ1v) is 7.72. The van der Waals surface area contributed by atoms with Gasteiger partial charge in [0.2, 0.25) is 0 Å². The maximum absolute atomic E-state index is 5.66. The highest BCUT2D eigenvalue weighted by atomic mass is 15.2. The molecule has 19 heavy (non-hydrogen) atoms. The molecule has 2 rings (SSSR count). The standard InChI is InChI=1S/C17H28N2/c1-14-10-11-17(9-6-12-18)15(2)19(14)13-16-7-4-3-5-8-16/h3-5,7-8,14-15,17H,6,9-13,18H2,1-2H3/t14-,15+,17?/m1/s1. The lowest BCUT2D eigenvalue weighted by atomic mass is 9.83. The van der Waals surface area contributed by atoms with Gasteiger partial charge >= 0.3 is 0 Å². The van der Waals surface area contributed by atoms with Gasteiger partial charge in [-0.05, 0) is 57.6 Å². The van der Waals surface area contributed by atoms with Gasteiger partial charge in [-0.2, -0.15) is 0 Å². The van der Waals surface area contributed by atoms with Gasteiger partial charge in [-0.3, -0.25) is 4.90 Å². The third-order valence-electron chi connectivity index (χ3n) is 4.71. The monoisotopic (exact) mass is 260 g/mol. The number of hydrogen-bond acceptors (Lipinski definition) is 2. The van der Waals surface area contributed by atoms with Crippen molar-refractivity contribution in [3.63, 3.8) is 0 Å². The van der Waals surface area contributed by atoms with Crippen molar-refractivity contribution >= 4 is 0 Å². The van der Waals surface area contributed by atoms with E-state index >= 15 is 0 Å². The summed E-state index contributed by atoms with van der Waals surface area (Å²) >= 11 is 0. The van der Waals surface area contributed by atoms with Crippen LogP contribution >= 0.6 is 0 Å². The second-order valence-electron chi connectivity index (χ2n) is 6.02. The van der Waals surface area contributed by atoms with Crippen molar-refractivity contribution in [1.29, 1.82) is 0 Å². The molecule has 1 fully saturated rings. The van der Waals surface area contributed by atoms with E-state index in [1.54, 1.807) is 0 Å². The second-order valence-corrected chi connectivity index (χ2v) is 6.02. The number of nitrogens with zero attached hydrogens (tertiary/aromatic N) is 1. The Hall–Kier alpha value is -0.860. The molecule has 1 saturated heterocycles. The highest BCUT2D eigenvalue weighted by molar-refractivity contribution is 5.15. The zero-order chi connectivity index (χ0) is 13.7. The average molecular weight is 260 g/mol. The lowest BCUT2D eigenvalue weighted by Crippen LogP contribution is -2.47. The van der Waals surface area contributed by atoms with E-state index in [1.807, 2.05) is 0 Å². The highest BCUT2D eigenvalue weighted by Gasteiger charge is 2.31. The average Bonchev–Trinajstić information content (AvgIpc) is 2.44. The van der Waals surface area contributed by atoms with Gasteiger partial charge in [0.1, 0.15) is 0 Å². The molecule has 3 atom stereocenters. The van der Waals surface area contributed by atoms with Crippen LogP contribution in [0.15, 0.2) is 30.3 Å². The molecular formula is C17H28N2. The predicted molar refractivity (Wildman–Crippen MR) is 81.9 cm³/mol. The van der Waals surface area contributed by atoms with E-state index in [0.29, 0.717) is 12.1 Å². The summed E-state index contributed by atoms with van der Waals surface area (Å²) < 4.78 is 0. The van der Waals surface area contributed by atoms with Crippen LogP contribution in [0, 0.1) is 5.92 Å². The fraction of sp³-hybridized carbons (Fsp3) is 0.647. The molecule has 2 N–H and O–H groups in total. The topological polar surface area (TPSA) is 29.3 Å². The fourth-order valence-electron chi connectivity index (χ4n) is 3.39. The van der Waals surface area contributed by atoms with Crippen molar-refractivity contribution in [1.82, 2.24) is 4.90 Å². The van der Waals surface area contributed by atoms with Gasteiger partial charge in [-0.25, -0.2) is 0 Å². The molecule has 2 nitrogen and oxygen atoms in total. The maximum atomic E-state index is 5.66. The fourth-order valence-corrected chi connectivity index (χ4v) is 3.39. The van der Waals surface area contributed by atoms with Crippen molar-refractivity contribution in [2.75, 3.05) is 6.54 Å². The Kier molecular flexibility index (Phi) is 5.41. The van der Waals surface area contributed by atoms with Gasteiger partial charge in [0.05, 0.1) is 0 Å². The summed E-state index contributed by atoms with van der Waals surface area (Å²) in [6, 6.07) is 12.2. The van der Waals surface area contributed by atoms with E-state index in [2.05, 4.69) is 49.1 Å². The van der Waals surface area contributed by atoms with Crippen LogP contribution in [0.2, 0.25) is 0 Å². The minimum absolute atomic E-state index is 0.676. The van der Waals surface area contributed by atoms with Crippen molar-refractivity contribution in [2.24, 2.45) is 11.7 Å². The SMILES string of the molecule is C[C@@H]1CCC(CCCN)[C@H](C)N1Cc1ccccc1. The zero-order valence-corrected chi connectivity index (χ0v) is 12.4. The van der Waals surface area contributed by atoms with Gasteiger partial charge in [-0.15, -0.1) is 0 Å². The molecule has 0 amide bonds. The Morgan fingerprint density at radius 3 is 2.58 bits per heavy atom. The molecule has 0 saturated carbocycles. The quantitative estimate of drug-likeness (QED) is 0.879. The van der Waals surface area contributed by atoms with Crippen LogP contribution in [0.4, 0.5) is 0 Å². The number of hydrogen-bond donors (Lipinski definition) is 1. The molecule has 1 aromatic carbocycles. The molecule has 1 unspecified atom stereocenters. The summed E-state index contributed by atoms with van der Waals surface area (Å²) in [4.78, 5) is 2.68. The van der Waals surface area contributed by atoms with Crippen LogP contribution in [-0.2, 0) is 6.54 Å². The summed E-state index contributed by atoms with van der Waals surface area (Å²) in [5.74, 6) is 0.823.